The summed E-state index contributed by atoms with van der Waals surface area (Å²) in [4.78, 5) is 22.0. The van der Waals surface area contributed by atoms with E-state index in [1.807, 2.05) is 0 Å². The van der Waals surface area contributed by atoms with Crippen molar-refractivity contribution in [3.05, 3.63) is 29.8 Å². The minimum atomic E-state index is -0.899. The standard InChI is InChI=1S/C16H20O5/c1-12(17)13-5-7-14(8-6-13)20-10-4-2-3-9-16(11-21-16)15(18)19/h5-8H,2-4,9-11H2,1H3,(H,18,19). The third-order valence-electron chi connectivity index (χ3n) is 3.64. The largest absolute Gasteiger partial charge is 0.494 e. The van der Waals surface area contributed by atoms with E-state index in [1.54, 1.807) is 24.3 Å². The molecule has 0 radical (unpaired) electrons. The van der Waals surface area contributed by atoms with Crippen molar-refractivity contribution in [1.82, 2.24) is 0 Å². The second-order valence-electron chi connectivity index (χ2n) is 5.33. The van der Waals surface area contributed by atoms with Crippen molar-refractivity contribution in [2.24, 2.45) is 0 Å². The molecule has 1 aliphatic rings. The fourth-order valence-electron chi connectivity index (χ4n) is 2.13. The van der Waals surface area contributed by atoms with E-state index in [9.17, 15) is 9.59 Å². The lowest BCUT2D eigenvalue weighted by Gasteiger charge is -2.08. The minimum absolute atomic E-state index is 0.0382. The summed E-state index contributed by atoms with van der Waals surface area (Å²) < 4.78 is 10.6. The second kappa shape index (κ2) is 6.72. The van der Waals surface area contributed by atoms with Crippen LogP contribution in [0.5, 0.6) is 5.75 Å². The first-order chi connectivity index (χ1) is 10.0. The van der Waals surface area contributed by atoms with E-state index in [0.29, 0.717) is 25.2 Å². The minimum Gasteiger partial charge on any atom is -0.494 e. The Kier molecular flexibility index (Phi) is 4.96. The van der Waals surface area contributed by atoms with Gasteiger partial charge < -0.3 is 14.6 Å². The lowest BCUT2D eigenvalue weighted by atomic mass is 10.0. The van der Waals surface area contributed by atoms with Gasteiger partial charge in [-0.05, 0) is 56.9 Å². The number of benzene rings is 1. The number of hydrogen-bond donors (Lipinski definition) is 1. The van der Waals surface area contributed by atoms with Gasteiger partial charge in [-0.25, -0.2) is 4.79 Å². The van der Waals surface area contributed by atoms with E-state index >= 15 is 0 Å². The molecular formula is C16H20O5. The molecule has 5 nitrogen and oxygen atoms in total. The fraction of sp³-hybridized carbons (Fsp3) is 0.500. The lowest BCUT2D eigenvalue weighted by molar-refractivity contribution is -0.143. The number of rotatable bonds is 9. The van der Waals surface area contributed by atoms with Gasteiger partial charge in [-0.3, -0.25) is 4.79 Å². The smallest absolute Gasteiger partial charge is 0.338 e. The normalized spacial score (nSPS) is 20.0. The van der Waals surface area contributed by atoms with Gasteiger partial charge in [-0.15, -0.1) is 0 Å². The van der Waals surface area contributed by atoms with Crippen LogP contribution in [0.15, 0.2) is 24.3 Å². The van der Waals surface area contributed by atoms with Gasteiger partial charge in [-0.1, -0.05) is 0 Å². The molecular weight excluding hydrogens is 272 g/mol. The Bertz CT molecular complexity index is 502. The van der Waals surface area contributed by atoms with Gasteiger partial charge >= 0.3 is 5.97 Å². The molecule has 114 valence electrons. The summed E-state index contributed by atoms with van der Waals surface area (Å²) in [5, 5.41) is 8.94. The molecule has 2 rings (SSSR count). The Morgan fingerprint density at radius 2 is 1.90 bits per heavy atom. The Morgan fingerprint density at radius 3 is 2.43 bits per heavy atom. The fourth-order valence-corrected chi connectivity index (χ4v) is 2.13. The Labute approximate surface area is 123 Å². The third kappa shape index (κ3) is 4.29. The molecule has 0 amide bonds. The SMILES string of the molecule is CC(=O)c1ccc(OCCCCCC2(C(=O)O)CO2)cc1. The van der Waals surface area contributed by atoms with Gasteiger partial charge in [0.15, 0.2) is 11.4 Å². The van der Waals surface area contributed by atoms with Crippen LogP contribution in [0.4, 0.5) is 0 Å². The van der Waals surface area contributed by atoms with E-state index in [1.165, 1.54) is 6.92 Å². The van der Waals surface area contributed by atoms with Gasteiger partial charge in [0.25, 0.3) is 0 Å². The molecule has 1 unspecified atom stereocenters. The number of unbranched alkanes of at least 4 members (excludes halogenated alkanes) is 2. The van der Waals surface area contributed by atoms with Crippen LogP contribution in [-0.4, -0.2) is 35.7 Å². The monoisotopic (exact) mass is 292 g/mol. The van der Waals surface area contributed by atoms with Crippen molar-refractivity contribution >= 4 is 11.8 Å². The highest BCUT2D eigenvalue weighted by molar-refractivity contribution is 5.94. The van der Waals surface area contributed by atoms with Crippen LogP contribution in [0.3, 0.4) is 0 Å². The summed E-state index contributed by atoms with van der Waals surface area (Å²) in [5.74, 6) is -0.0759. The van der Waals surface area contributed by atoms with Crippen LogP contribution >= 0.6 is 0 Å². The van der Waals surface area contributed by atoms with E-state index in [-0.39, 0.29) is 5.78 Å². The van der Waals surface area contributed by atoms with Crippen LogP contribution in [0, 0.1) is 0 Å². The first-order valence-electron chi connectivity index (χ1n) is 7.15. The summed E-state index contributed by atoms with van der Waals surface area (Å²) in [6, 6.07) is 7.07. The van der Waals surface area contributed by atoms with Crippen molar-refractivity contribution in [3.63, 3.8) is 0 Å². The first-order valence-corrected chi connectivity index (χ1v) is 7.15. The quantitative estimate of drug-likeness (QED) is 0.430. The van der Waals surface area contributed by atoms with Crippen LogP contribution in [0.25, 0.3) is 0 Å². The van der Waals surface area contributed by atoms with Crippen LogP contribution < -0.4 is 4.74 Å². The number of carboxylic acid groups (broad SMARTS) is 1. The van der Waals surface area contributed by atoms with Crippen molar-refractivity contribution in [2.75, 3.05) is 13.2 Å². The maximum Gasteiger partial charge on any atom is 0.338 e. The molecule has 0 saturated carbocycles. The predicted molar refractivity (Wildman–Crippen MR) is 76.7 cm³/mol. The first kappa shape index (κ1) is 15.5. The molecule has 1 atom stereocenters. The predicted octanol–water partition coefficient (Wildman–Crippen LogP) is 2.68. The zero-order valence-corrected chi connectivity index (χ0v) is 12.1. The molecule has 1 saturated heterocycles. The van der Waals surface area contributed by atoms with Crippen molar-refractivity contribution < 1.29 is 24.2 Å². The topological polar surface area (TPSA) is 76.1 Å². The van der Waals surface area contributed by atoms with E-state index in [4.69, 9.17) is 14.6 Å². The molecule has 1 aliphatic heterocycles. The summed E-state index contributed by atoms with van der Waals surface area (Å²) in [6.07, 6.45) is 3.16. The summed E-state index contributed by atoms with van der Waals surface area (Å²) in [5.41, 5.74) is -0.227. The van der Waals surface area contributed by atoms with Crippen molar-refractivity contribution in [3.8, 4) is 5.75 Å². The lowest BCUT2D eigenvalue weighted by Crippen LogP contribution is -2.23. The second-order valence-corrected chi connectivity index (χ2v) is 5.33. The summed E-state index contributed by atoms with van der Waals surface area (Å²) in [7, 11) is 0. The molecule has 21 heavy (non-hydrogen) atoms. The molecule has 0 aliphatic carbocycles. The number of hydrogen-bond acceptors (Lipinski definition) is 4. The maximum atomic E-state index is 11.1. The zero-order valence-electron chi connectivity index (χ0n) is 12.1. The number of carbonyl (C=O) groups excluding carboxylic acids is 1. The highest BCUT2D eigenvalue weighted by atomic mass is 16.6. The number of epoxide rings is 1. The average molecular weight is 292 g/mol. The summed E-state index contributed by atoms with van der Waals surface area (Å²) >= 11 is 0. The maximum absolute atomic E-state index is 11.1. The average Bonchev–Trinajstić information content (AvgIpc) is 3.24. The van der Waals surface area contributed by atoms with Crippen LogP contribution in [-0.2, 0) is 9.53 Å². The van der Waals surface area contributed by atoms with Gasteiger partial charge in [-0.2, -0.15) is 0 Å². The van der Waals surface area contributed by atoms with Crippen LogP contribution in [0.1, 0.15) is 43.0 Å². The number of carboxylic acids is 1. The van der Waals surface area contributed by atoms with E-state index in [0.717, 1.165) is 25.0 Å². The van der Waals surface area contributed by atoms with Gasteiger partial charge in [0.05, 0.1) is 13.2 Å². The highest BCUT2D eigenvalue weighted by Crippen LogP contribution is 2.33. The van der Waals surface area contributed by atoms with Crippen molar-refractivity contribution in [2.45, 2.75) is 38.2 Å². The highest BCUT2D eigenvalue weighted by Gasteiger charge is 2.51. The molecule has 1 aromatic carbocycles. The summed E-state index contributed by atoms with van der Waals surface area (Å²) in [6.45, 7) is 2.45. The van der Waals surface area contributed by atoms with Crippen LogP contribution in [0.2, 0.25) is 0 Å². The number of carbonyl (C=O) groups is 2. The van der Waals surface area contributed by atoms with E-state index in [2.05, 4.69) is 0 Å². The number of Topliss-reactive ketones (excluding diaryl/α,β-unsaturated/α-hetero) is 1. The molecule has 1 heterocycles. The molecule has 1 N–H and O–H groups in total. The van der Waals surface area contributed by atoms with Gasteiger partial charge in [0.2, 0.25) is 0 Å². The molecule has 1 fully saturated rings. The third-order valence-corrected chi connectivity index (χ3v) is 3.64. The Morgan fingerprint density at radius 1 is 1.24 bits per heavy atom. The molecule has 0 spiro atoms. The van der Waals surface area contributed by atoms with Gasteiger partial charge in [0, 0.05) is 5.56 Å². The van der Waals surface area contributed by atoms with Crippen molar-refractivity contribution in [1.29, 1.82) is 0 Å². The Balaban J connectivity index is 1.59. The van der Waals surface area contributed by atoms with E-state index < -0.39 is 11.6 Å². The molecule has 0 bridgehead atoms. The number of ketones is 1. The number of aliphatic carboxylic acids is 1. The molecule has 1 aromatic rings. The molecule has 0 aromatic heterocycles. The molecule has 5 heteroatoms. The number of ether oxygens (including phenoxy) is 2. The zero-order chi connectivity index (χ0) is 15.3. The van der Waals surface area contributed by atoms with Gasteiger partial charge in [0.1, 0.15) is 5.75 Å². The Hall–Kier alpha value is -1.88.